The average molecular weight is 275 g/mol. The molecular weight excluding hydrogens is 260 g/mol. The van der Waals surface area contributed by atoms with Crippen molar-refractivity contribution in [3.05, 3.63) is 28.5 Å². The number of nitrogens with two attached hydrogens (primary N) is 1. The molecule has 1 rings (SSSR count). The standard InChI is InChI=1S/C11H15ClN2O4/c1-18-11(17)7-4-6(5-14-10(7)12)9(16)8(15)2-3-13/h4-5,8-9,15-16H,2-3,13H2,1H3. The molecule has 6 nitrogen and oxygen atoms in total. The molecule has 0 saturated carbocycles. The molecule has 7 heteroatoms. The zero-order valence-electron chi connectivity index (χ0n) is 9.84. The van der Waals surface area contributed by atoms with Crippen LogP contribution in [0.25, 0.3) is 0 Å². The van der Waals surface area contributed by atoms with Crippen LogP contribution in [0.15, 0.2) is 12.3 Å². The first-order chi connectivity index (χ1) is 8.51. The van der Waals surface area contributed by atoms with Crippen LogP contribution in [0.5, 0.6) is 0 Å². The van der Waals surface area contributed by atoms with Crippen molar-refractivity contribution < 1.29 is 19.7 Å². The maximum absolute atomic E-state index is 11.4. The van der Waals surface area contributed by atoms with E-state index >= 15 is 0 Å². The van der Waals surface area contributed by atoms with Gasteiger partial charge in [0.15, 0.2) is 0 Å². The van der Waals surface area contributed by atoms with Crippen molar-refractivity contribution in [2.24, 2.45) is 5.73 Å². The van der Waals surface area contributed by atoms with Crippen molar-refractivity contribution in [3.63, 3.8) is 0 Å². The van der Waals surface area contributed by atoms with Crippen LogP contribution in [0.3, 0.4) is 0 Å². The third-order valence-electron chi connectivity index (χ3n) is 2.43. The highest BCUT2D eigenvalue weighted by atomic mass is 35.5. The largest absolute Gasteiger partial charge is 0.465 e. The number of carbonyl (C=O) groups is 1. The first-order valence-electron chi connectivity index (χ1n) is 5.31. The van der Waals surface area contributed by atoms with E-state index in [0.29, 0.717) is 0 Å². The zero-order valence-corrected chi connectivity index (χ0v) is 10.6. The Balaban J connectivity index is 3.00. The van der Waals surface area contributed by atoms with Gasteiger partial charge >= 0.3 is 5.97 Å². The van der Waals surface area contributed by atoms with Crippen molar-refractivity contribution in [1.29, 1.82) is 0 Å². The molecule has 0 amide bonds. The van der Waals surface area contributed by atoms with Gasteiger partial charge in [0.1, 0.15) is 11.3 Å². The molecule has 0 fully saturated rings. The Kier molecular flexibility index (Phi) is 5.49. The molecule has 0 aromatic carbocycles. The molecular formula is C11H15ClN2O4. The number of hydrogen-bond donors (Lipinski definition) is 3. The Labute approximate surface area is 109 Å². The summed E-state index contributed by atoms with van der Waals surface area (Å²) in [5, 5.41) is 19.4. The number of aliphatic hydroxyl groups excluding tert-OH is 2. The van der Waals surface area contributed by atoms with Crippen LogP contribution >= 0.6 is 11.6 Å². The topological polar surface area (TPSA) is 106 Å². The maximum Gasteiger partial charge on any atom is 0.341 e. The summed E-state index contributed by atoms with van der Waals surface area (Å²) in [7, 11) is 1.21. The lowest BCUT2D eigenvalue weighted by Crippen LogP contribution is -2.22. The van der Waals surface area contributed by atoms with Gasteiger partial charge < -0.3 is 20.7 Å². The predicted octanol–water partition coefficient (Wildman–Crippen LogP) is 0.265. The number of ether oxygens (including phenoxy) is 1. The second kappa shape index (κ2) is 6.65. The van der Waals surface area contributed by atoms with E-state index in [1.54, 1.807) is 0 Å². The third-order valence-corrected chi connectivity index (χ3v) is 2.74. The highest BCUT2D eigenvalue weighted by Crippen LogP contribution is 2.22. The number of halogens is 1. The number of aromatic nitrogens is 1. The number of carbonyl (C=O) groups excluding carboxylic acids is 1. The van der Waals surface area contributed by atoms with Crippen molar-refractivity contribution in [2.75, 3.05) is 13.7 Å². The maximum atomic E-state index is 11.4. The summed E-state index contributed by atoms with van der Waals surface area (Å²) < 4.78 is 4.53. The normalized spacial score (nSPS) is 14.1. The molecule has 2 unspecified atom stereocenters. The van der Waals surface area contributed by atoms with E-state index in [-0.39, 0.29) is 29.2 Å². The quantitative estimate of drug-likeness (QED) is 0.525. The smallest absolute Gasteiger partial charge is 0.341 e. The first-order valence-corrected chi connectivity index (χ1v) is 5.69. The molecule has 0 aliphatic rings. The molecule has 0 saturated heterocycles. The van der Waals surface area contributed by atoms with Gasteiger partial charge in [-0.1, -0.05) is 11.6 Å². The molecule has 0 spiro atoms. The number of esters is 1. The fourth-order valence-corrected chi connectivity index (χ4v) is 1.61. The number of methoxy groups -OCH3 is 1. The molecule has 1 aromatic rings. The Morgan fingerprint density at radius 2 is 2.28 bits per heavy atom. The summed E-state index contributed by atoms with van der Waals surface area (Å²) in [5.41, 5.74) is 5.60. The molecule has 100 valence electrons. The number of rotatable bonds is 5. The van der Waals surface area contributed by atoms with E-state index in [9.17, 15) is 15.0 Å². The molecule has 0 aliphatic carbocycles. The Morgan fingerprint density at radius 1 is 1.61 bits per heavy atom. The zero-order chi connectivity index (χ0) is 13.7. The summed E-state index contributed by atoms with van der Waals surface area (Å²) in [5.74, 6) is -0.658. The molecule has 4 N–H and O–H groups in total. The number of pyridine rings is 1. The first kappa shape index (κ1) is 14.8. The Hall–Kier alpha value is -1.21. The summed E-state index contributed by atoms with van der Waals surface area (Å²) in [6.07, 6.45) is -0.679. The van der Waals surface area contributed by atoms with Gasteiger partial charge in [0.05, 0.1) is 18.8 Å². The summed E-state index contributed by atoms with van der Waals surface area (Å²) in [4.78, 5) is 15.2. The van der Waals surface area contributed by atoms with E-state index in [4.69, 9.17) is 17.3 Å². The second-order valence-corrected chi connectivity index (χ2v) is 4.05. The van der Waals surface area contributed by atoms with Crippen LogP contribution in [-0.4, -0.2) is 40.9 Å². The summed E-state index contributed by atoms with van der Waals surface area (Å²) >= 11 is 5.74. The minimum atomic E-state index is -1.18. The van der Waals surface area contributed by atoms with Crippen LogP contribution in [0.4, 0.5) is 0 Å². The van der Waals surface area contributed by atoms with Gasteiger partial charge in [-0.25, -0.2) is 9.78 Å². The van der Waals surface area contributed by atoms with Crippen LogP contribution in [0, 0.1) is 0 Å². The number of nitrogens with zero attached hydrogens (tertiary/aromatic N) is 1. The van der Waals surface area contributed by atoms with E-state index < -0.39 is 18.2 Å². The fraction of sp³-hybridized carbons (Fsp3) is 0.455. The molecule has 1 aromatic heterocycles. The number of hydrogen-bond acceptors (Lipinski definition) is 6. The Bertz CT molecular complexity index is 428. The fourth-order valence-electron chi connectivity index (χ4n) is 1.43. The van der Waals surface area contributed by atoms with E-state index in [1.807, 2.05) is 0 Å². The average Bonchev–Trinajstić information content (AvgIpc) is 2.38. The highest BCUT2D eigenvalue weighted by Gasteiger charge is 2.21. The van der Waals surface area contributed by atoms with Crippen molar-refractivity contribution in [1.82, 2.24) is 4.98 Å². The monoisotopic (exact) mass is 274 g/mol. The van der Waals surface area contributed by atoms with Crippen molar-refractivity contribution in [3.8, 4) is 0 Å². The van der Waals surface area contributed by atoms with Crippen molar-refractivity contribution >= 4 is 17.6 Å². The number of aliphatic hydroxyl groups is 2. The molecule has 0 radical (unpaired) electrons. The van der Waals surface area contributed by atoms with Gasteiger partial charge in [-0.3, -0.25) is 0 Å². The lowest BCUT2D eigenvalue weighted by Gasteiger charge is -2.17. The van der Waals surface area contributed by atoms with Gasteiger partial charge in [0, 0.05) is 11.8 Å². The van der Waals surface area contributed by atoms with Crippen molar-refractivity contribution in [2.45, 2.75) is 18.6 Å². The lowest BCUT2D eigenvalue weighted by molar-refractivity contribution is 0.0147. The lowest BCUT2D eigenvalue weighted by atomic mass is 10.0. The van der Waals surface area contributed by atoms with E-state index in [1.165, 1.54) is 19.4 Å². The van der Waals surface area contributed by atoms with E-state index in [0.717, 1.165) is 0 Å². The highest BCUT2D eigenvalue weighted by molar-refractivity contribution is 6.32. The third kappa shape index (κ3) is 3.39. The van der Waals surface area contributed by atoms with Gasteiger partial charge in [-0.15, -0.1) is 0 Å². The predicted molar refractivity (Wildman–Crippen MR) is 65.2 cm³/mol. The Morgan fingerprint density at radius 3 is 2.83 bits per heavy atom. The van der Waals surface area contributed by atoms with Gasteiger partial charge in [-0.05, 0) is 19.0 Å². The van der Waals surface area contributed by atoms with Gasteiger partial charge in [0.2, 0.25) is 0 Å². The van der Waals surface area contributed by atoms with Gasteiger partial charge in [0.25, 0.3) is 0 Å². The van der Waals surface area contributed by atoms with Crippen LogP contribution in [-0.2, 0) is 4.74 Å². The second-order valence-electron chi connectivity index (χ2n) is 3.69. The molecule has 2 atom stereocenters. The minimum Gasteiger partial charge on any atom is -0.465 e. The molecule has 18 heavy (non-hydrogen) atoms. The summed E-state index contributed by atoms with van der Waals surface area (Å²) in [6, 6.07) is 1.34. The molecule has 0 bridgehead atoms. The molecule has 1 heterocycles. The SMILES string of the molecule is COC(=O)c1cc(C(O)C(O)CCN)cnc1Cl. The molecule has 0 aliphatic heterocycles. The minimum absolute atomic E-state index is 0.0221. The van der Waals surface area contributed by atoms with E-state index in [2.05, 4.69) is 9.72 Å². The van der Waals surface area contributed by atoms with Crippen LogP contribution in [0.2, 0.25) is 5.15 Å². The summed E-state index contributed by atoms with van der Waals surface area (Å²) in [6.45, 7) is 0.239. The van der Waals surface area contributed by atoms with Gasteiger partial charge in [-0.2, -0.15) is 0 Å². The van der Waals surface area contributed by atoms with Crippen LogP contribution < -0.4 is 5.73 Å². The van der Waals surface area contributed by atoms with Crippen LogP contribution in [0.1, 0.15) is 28.4 Å².